The first-order valence-corrected chi connectivity index (χ1v) is 15.4. The van der Waals surface area contributed by atoms with Crippen molar-refractivity contribution in [2.45, 2.75) is 92.2 Å². The van der Waals surface area contributed by atoms with Crippen LogP contribution in [0.5, 0.6) is 0 Å². The van der Waals surface area contributed by atoms with E-state index in [1.165, 1.54) is 33.4 Å². The summed E-state index contributed by atoms with van der Waals surface area (Å²) >= 11 is 0. The number of benzene rings is 2. The van der Waals surface area contributed by atoms with Gasteiger partial charge in [-0.2, -0.15) is 0 Å². The van der Waals surface area contributed by atoms with Crippen LogP contribution in [0.1, 0.15) is 88.8 Å². The molecule has 0 fully saturated rings. The standard InChI is InChI=1S/C30H48N2S2/c1-9-23-15-24(10-2)17-25(16-23)21-31-11-13-33-34-14-12-32-22-26-18-27(29(3,4)5)20-28(19-26)30(6,7)8/h15-20,31-32H,9-14,21-22H2,1-8H3. The van der Waals surface area contributed by atoms with Crippen LogP contribution in [0.3, 0.4) is 0 Å². The molecule has 0 heterocycles. The Hall–Kier alpha value is -0.940. The van der Waals surface area contributed by atoms with Crippen LogP contribution in [0.25, 0.3) is 0 Å². The fourth-order valence-corrected chi connectivity index (χ4v) is 5.72. The zero-order chi connectivity index (χ0) is 25.2. The molecule has 0 spiro atoms. The normalized spacial score (nSPS) is 12.4. The van der Waals surface area contributed by atoms with Crippen molar-refractivity contribution >= 4 is 21.6 Å². The Kier molecular flexibility index (Phi) is 12.0. The minimum Gasteiger partial charge on any atom is -0.312 e. The van der Waals surface area contributed by atoms with E-state index in [4.69, 9.17) is 0 Å². The summed E-state index contributed by atoms with van der Waals surface area (Å²) in [6.45, 7) is 22.3. The molecule has 0 radical (unpaired) electrons. The molecule has 2 aromatic rings. The smallest absolute Gasteiger partial charge is 0.0206 e. The quantitative estimate of drug-likeness (QED) is 0.218. The van der Waals surface area contributed by atoms with Gasteiger partial charge in [-0.05, 0) is 57.1 Å². The Morgan fingerprint density at radius 3 is 1.32 bits per heavy atom. The van der Waals surface area contributed by atoms with Gasteiger partial charge in [0.2, 0.25) is 0 Å². The molecule has 0 aliphatic heterocycles. The van der Waals surface area contributed by atoms with Gasteiger partial charge in [0.05, 0.1) is 0 Å². The second-order valence-corrected chi connectivity index (χ2v) is 14.0. The van der Waals surface area contributed by atoms with Gasteiger partial charge in [-0.15, -0.1) is 0 Å². The lowest BCUT2D eigenvalue weighted by Crippen LogP contribution is -2.20. The second kappa shape index (κ2) is 14.0. The van der Waals surface area contributed by atoms with Gasteiger partial charge in [0.1, 0.15) is 0 Å². The lowest BCUT2D eigenvalue weighted by atomic mass is 9.79. The highest BCUT2D eigenvalue weighted by Crippen LogP contribution is 2.30. The van der Waals surface area contributed by atoms with Gasteiger partial charge in [0.25, 0.3) is 0 Å². The lowest BCUT2D eigenvalue weighted by molar-refractivity contribution is 0.565. The zero-order valence-corrected chi connectivity index (χ0v) is 24.6. The summed E-state index contributed by atoms with van der Waals surface area (Å²) in [5, 5.41) is 7.27. The Balaban J connectivity index is 1.65. The van der Waals surface area contributed by atoms with Gasteiger partial charge in [-0.25, -0.2) is 0 Å². The lowest BCUT2D eigenvalue weighted by Gasteiger charge is -2.26. The van der Waals surface area contributed by atoms with Crippen molar-refractivity contribution in [2.75, 3.05) is 24.6 Å². The molecule has 2 aromatic carbocycles. The van der Waals surface area contributed by atoms with E-state index in [1.54, 1.807) is 0 Å². The van der Waals surface area contributed by atoms with Crippen molar-refractivity contribution < 1.29 is 0 Å². The van der Waals surface area contributed by atoms with E-state index in [1.807, 2.05) is 21.6 Å². The summed E-state index contributed by atoms with van der Waals surface area (Å²) in [6.07, 6.45) is 2.22. The van der Waals surface area contributed by atoms with E-state index in [0.29, 0.717) is 0 Å². The third kappa shape index (κ3) is 10.4. The molecule has 2 N–H and O–H groups in total. The van der Waals surface area contributed by atoms with E-state index in [0.717, 1.165) is 50.5 Å². The third-order valence-electron chi connectivity index (χ3n) is 6.12. The molecule has 0 unspecified atom stereocenters. The SMILES string of the molecule is CCc1cc(CC)cc(CNCCSSCCNCc2cc(C(C)(C)C)cc(C(C)(C)C)c2)c1. The van der Waals surface area contributed by atoms with E-state index in [9.17, 15) is 0 Å². The van der Waals surface area contributed by atoms with Crippen molar-refractivity contribution in [3.63, 3.8) is 0 Å². The highest BCUT2D eigenvalue weighted by Gasteiger charge is 2.20. The molecule has 0 saturated carbocycles. The Bertz CT molecular complexity index is 824. The average Bonchev–Trinajstić information content (AvgIpc) is 2.78. The van der Waals surface area contributed by atoms with E-state index in [-0.39, 0.29) is 10.8 Å². The van der Waals surface area contributed by atoms with E-state index in [2.05, 4.69) is 102 Å². The monoisotopic (exact) mass is 500 g/mol. The summed E-state index contributed by atoms with van der Waals surface area (Å²) in [5.41, 5.74) is 8.94. The number of hydrogen-bond donors (Lipinski definition) is 2. The van der Waals surface area contributed by atoms with Crippen LogP contribution >= 0.6 is 21.6 Å². The van der Waals surface area contributed by atoms with Gasteiger partial charge >= 0.3 is 0 Å². The molecule has 34 heavy (non-hydrogen) atoms. The Labute approximate surface area is 218 Å². The fourth-order valence-electron chi connectivity index (χ4n) is 3.82. The van der Waals surface area contributed by atoms with Crippen molar-refractivity contribution in [1.82, 2.24) is 10.6 Å². The molecule has 190 valence electrons. The van der Waals surface area contributed by atoms with Crippen LogP contribution in [0.2, 0.25) is 0 Å². The van der Waals surface area contributed by atoms with Crippen molar-refractivity contribution in [1.29, 1.82) is 0 Å². The van der Waals surface area contributed by atoms with E-state index >= 15 is 0 Å². The van der Waals surface area contributed by atoms with Crippen molar-refractivity contribution in [3.05, 3.63) is 69.8 Å². The molecule has 0 atom stereocenters. The maximum atomic E-state index is 3.65. The molecular weight excluding hydrogens is 452 g/mol. The topological polar surface area (TPSA) is 24.1 Å². The molecule has 4 heteroatoms. The molecule has 0 aliphatic carbocycles. The molecule has 2 rings (SSSR count). The maximum absolute atomic E-state index is 3.65. The first kappa shape index (κ1) is 29.3. The molecular formula is C30H48N2S2. The molecule has 0 aliphatic rings. The number of nitrogens with one attached hydrogen (secondary N) is 2. The fraction of sp³-hybridized carbons (Fsp3) is 0.600. The Morgan fingerprint density at radius 2 is 0.941 bits per heavy atom. The van der Waals surface area contributed by atoms with Crippen LogP contribution < -0.4 is 10.6 Å². The van der Waals surface area contributed by atoms with Gasteiger partial charge < -0.3 is 10.6 Å². The minimum atomic E-state index is 0.174. The predicted molar refractivity (Wildman–Crippen MR) is 157 cm³/mol. The summed E-state index contributed by atoms with van der Waals surface area (Å²) in [5.74, 6) is 2.27. The van der Waals surface area contributed by atoms with Gasteiger partial charge in [0.15, 0.2) is 0 Å². The summed E-state index contributed by atoms with van der Waals surface area (Å²) < 4.78 is 0. The zero-order valence-electron chi connectivity index (χ0n) is 22.9. The van der Waals surface area contributed by atoms with Crippen LogP contribution in [0.15, 0.2) is 36.4 Å². The van der Waals surface area contributed by atoms with Crippen molar-refractivity contribution in [2.24, 2.45) is 0 Å². The van der Waals surface area contributed by atoms with Crippen LogP contribution in [0, 0.1) is 0 Å². The van der Waals surface area contributed by atoms with Gasteiger partial charge in [-0.1, -0.05) is 113 Å². The highest BCUT2D eigenvalue weighted by atomic mass is 33.1. The second-order valence-electron chi connectivity index (χ2n) is 11.3. The third-order valence-corrected chi connectivity index (χ3v) is 8.53. The van der Waals surface area contributed by atoms with Gasteiger partial charge in [-0.3, -0.25) is 0 Å². The Morgan fingerprint density at radius 1 is 0.559 bits per heavy atom. The molecule has 0 saturated heterocycles. The minimum absolute atomic E-state index is 0.174. The number of rotatable bonds is 13. The van der Waals surface area contributed by atoms with E-state index < -0.39 is 0 Å². The molecule has 0 bridgehead atoms. The average molecular weight is 501 g/mol. The van der Waals surface area contributed by atoms with Gasteiger partial charge in [0, 0.05) is 37.7 Å². The number of aryl methyl sites for hydroxylation is 2. The summed E-state index contributed by atoms with van der Waals surface area (Å²) in [6, 6.07) is 14.2. The summed E-state index contributed by atoms with van der Waals surface area (Å²) in [4.78, 5) is 0. The maximum Gasteiger partial charge on any atom is 0.0206 e. The first-order valence-electron chi connectivity index (χ1n) is 13.0. The first-order chi connectivity index (χ1) is 16.0. The van der Waals surface area contributed by atoms with Crippen molar-refractivity contribution in [3.8, 4) is 0 Å². The molecule has 0 aromatic heterocycles. The van der Waals surface area contributed by atoms with Crippen LogP contribution in [0.4, 0.5) is 0 Å². The summed E-state index contributed by atoms with van der Waals surface area (Å²) in [7, 11) is 3.95. The largest absolute Gasteiger partial charge is 0.312 e. The predicted octanol–water partition coefficient (Wildman–Crippen LogP) is 7.67. The van der Waals surface area contributed by atoms with Crippen LogP contribution in [-0.2, 0) is 36.8 Å². The number of hydrogen-bond acceptors (Lipinski definition) is 4. The highest BCUT2D eigenvalue weighted by molar-refractivity contribution is 8.76. The van der Waals surface area contributed by atoms with Crippen LogP contribution in [-0.4, -0.2) is 24.6 Å². The molecule has 2 nitrogen and oxygen atoms in total. The molecule has 0 amide bonds.